The van der Waals surface area contributed by atoms with E-state index in [1.54, 1.807) is 24.0 Å². The first-order valence-corrected chi connectivity index (χ1v) is 4.33. The SMILES string of the molecule is C=CCN(CC=C)C(=O)C(C)S. The van der Waals surface area contributed by atoms with Crippen LogP contribution in [0.3, 0.4) is 0 Å². The van der Waals surface area contributed by atoms with Gasteiger partial charge in [0.1, 0.15) is 0 Å². The summed E-state index contributed by atoms with van der Waals surface area (Å²) in [4.78, 5) is 13.0. The highest BCUT2D eigenvalue weighted by atomic mass is 32.1. The first-order chi connectivity index (χ1) is 5.63. The molecule has 0 saturated carbocycles. The molecule has 68 valence electrons. The molecule has 0 bridgehead atoms. The molecule has 0 spiro atoms. The molecule has 0 N–H and O–H groups in total. The number of amides is 1. The van der Waals surface area contributed by atoms with Crippen LogP contribution in [0.15, 0.2) is 25.3 Å². The van der Waals surface area contributed by atoms with E-state index in [-0.39, 0.29) is 11.2 Å². The Labute approximate surface area is 79.4 Å². The smallest absolute Gasteiger partial charge is 0.235 e. The molecular weight excluding hydrogens is 170 g/mol. The zero-order chi connectivity index (χ0) is 9.56. The van der Waals surface area contributed by atoms with Gasteiger partial charge in [0.05, 0.1) is 5.25 Å². The minimum Gasteiger partial charge on any atom is -0.334 e. The number of hydrogen-bond donors (Lipinski definition) is 1. The average Bonchev–Trinajstić information content (AvgIpc) is 2.03. The fourth-order valence-corrected chi connectivity index (χ4v) is 0.994. The molecule has 0 radical (unpaired) electrons. The molecule has 0 rings (SSSR count). The topological polar surface area (TPSA) is 20.3 Å². The monoisotopic (exact) mass is 185 g/mol. The van der Waals surface area contributed by atoms with Crippen molar-refractivity contribution >= 4 is 18.5 Å². The molecule has 0 aliphatic rings. The maximum absolute atomic E-state index is 11.4. The lowest BCUT2D eigenvalue weighted by atomic mass is 10.3. The van der Waals surface area contributed by atoms with Crippen molar-refractivity contribution in [2.75, 3.05) is 13.1 Å². The number of thiol groups is 1. The van der Waals surface area contributed by atoms with Crippen molar-refractivity contribution in [3.05, 3.63) is 25.3 Å². The van der Waals surface area contributed by atoms with Gasteiger partial charge in [0.2, 0.25) is 5.91 Å². The van der Waals surface area contributed by atoms with Gasteiger partial charge in [0, 0.05) is 13.1 Å². The molecule has 0 aromatic heterocycles. The molecule has 0 aliphatic heterocycles. The second kappa shape index (κ2) is 5.89. The second-order valence-corrected chi connectivity index (χ2v) is 3.27. The van der Waals surface area contributed by atoms with Crippen molar-refractivity contribution in [2.45, 2.75) is 12.2 Å². The second-order valence-electron chi connectivity index (χ2n) is 2.50. The van der Waals surface area contributed by atoms with Crippen LogP contribution in [0.2, 0.25) is 0 Å². The first-order valence-electron chi connectivity index (χ1n) is 3.82. The Bertz CT molecular complexity index is 167. The number of carbonyl (C=O) groups excluding carboxylic acids is 1. The van der Waals surface area contributed by atoms with E-state index >= 15 is 0 Å². The maximum atomic E-state index is 11.4. The van der Waals surface area contributed by atoms with Crippen LogP contribution in [0.25, 0.3) is 0 Å². The van der Waals surface area contributed by atoms with E-state index in [0.29, 0.717) is 13.1 Å². The predicted molar refractivity (Wildman–Crippen MR) is 55.4 cm³/mol. The number of nitrogens with zero attached hydrogens (tertiary/aromatic N) is 1. The van der Waals surface area contributed by atoms with Crippen LogP contribution >= 0.6 is 12.6 Å². The highest BCUT2D eigenvalue weighted by molar-refractivity contribution is 7.81. The fourth-order valence-electron chi connectivity index (χ4n) is 0.830. The molecule has 0 saturated heterocycles. The van der Waals surface area contributed by atoms with E-state index < -0.39 is 0 Å². The lowest BCUT2D eigenvalue weighted by Gasteiger charge is -2.20. The van der Waals surface area contributed by atoms with Gasteiger partial charge in [-0.2, -0.15) is 12.6 Å². The fraction of sp³-hybridized carbons (Fsp3) is 0.444. The lowest BCUT2D eigenvalue weighted by molar-refractivity contribution is -0.129. The van der Waals surface area contributed by atoms with E-state index in [4.69, 9.17) is 0 Å². The Kier molecular flexibility index (Phi) is 5.54. The van der Waals surface area contributed by atoms with Gasteiger partial charge in [-0.1, -0.05) is 12.2 Å². The molecule has 0 aliphatic carbocycles. The summed E-state index contributed by atoms with van der Waals surface area (Å²) in [5, 5.41) is -0.259. The van der Waals surface area contributed by atoms with E-state index in [9.17, 15) is 4.79 Å². The van der Waals surface area contributed by atoms with Gasteiger partial charge in [-0.15, -0.1) is 13.2 Å². The summed E-state index contributed by atoms with van der Waals surface area (Å²) in [6, 6.07) is 0. The van der Waals surface area contributed by atoms with Crippen molar-refractivity contribution in [1.82, 2.24) is 4.90 Å². The van der Waals surface area contributed by atoms with Crippen molar-refractivity contribution in [3.8, 4) is 0 Å². The number of hydrogen-bond acceptors (Lipinski definition) is 2. The van der Waals surface area contributed by atoms with Crippen molar-refractivity contribution in [3.63, 3.8) is 0 Å². The molecule has 1 atom stereocenters. The molecule has 1 amide bonds. The molecule has 0 aromatic carbocycles. The molecule has 0 aromatic rings. The Hall–Kier alpha value is -0.700. The molecule has 3 heteroatoms. The van der Waals surface area contributed by atoms with Gasteiger partial charge >= 0.3 is 0 Å². The zero-order valence-corrected chi connectivity index (χ0v) is 8.26. The third-order valence-corrected chi connectivity index (χ3v) is 1.59. The summed E-state index contributed by atoms with van der Waals surface area (Å²) >= 11 is 4.06. The Morgan fingerprint density at radius 1 is 1.50 bits per heavy atom. The normalized spacial score (nSPS) is 11.8. The molecular formula is C9H15NOS. The predicted octanol–water partition coefficient (Wildman–Crippen LogP) is 1.51. The van der Waals surface area contributed by atoms with Crippen LogP contribution in [-0.2, 0) is 4.79 Å². The number of rotatable bonds is 5. The highest BCUT2D eigenvalue weighted by Gasteiger charge is 2.14. The van der Waals surface area contributed by atoms with Gasteiger partial charge in [-0.25, -0.2) is 0 Å². The summed E-state index contributed by atoms with van der Waals surface area (Å²) in [6.07, 6.45) is 3.38. The van der Waals surface area contributed by atoms with Gasteiger partial charge < -0.3 is 4.90 Å². The van der Waals surface area contributed by atoms with E-state index in [1.165, 1.54) is 0 Å². The third kappa shape index (κ3) is 3.62. The largest absolute Gasteiger partial charge is 0.334 e. The molecule has 0 heterocycles. The van der Waals surface area contributed by atoms with Crippen molar-refractivity contribution in [2.24, 2.45) is 0 Å². The van der Waals surface area contributed by atoms with E-state index in [0.717, 1.165) is 0 Å². The molecule has 12 heavy (non-hydrogen) atoms. The van der Waals surface area contributed by atoms with Gasteiger partial charge in [-0.3, -0.25) is 4.79 Å². The Balaban J connectivity index is 4.17. The zero-order valence-electron chi connectivity index (χ0n) is 7.36. The van der Waals surface area contributed by atoms with Gasteiger partial charge in [-0.05, 0) is 6.92 Å². The van der Waals surface area contributed by atoms with Crippen LogP contribution in [0.5, 0.6) is 0 Å². The molecule has 1 unspecified atom stereocenters. The Morgan fingerprint density at radius 2 is 1.92 bits per heavy atom. The third-order valence-electron chi connectivity index (χ3n) is 1.37. The lowest BCUT2D eigenvalue weighted by Crippen LogP contribution is -2.35. The van der Waals surface area contributed by atoms with Crippen LogP contribution in [0.4, 0.5) is 0 Å². The first kappa shape index (κ1) is 11.3. The summed E-state index contributed by atoms with van der Waals surface area (Å²) in [5.74, 6) is 0.0122. The average molecular weight is 185 g/mol. The Morgan fingerprint density at radius 3 is 2.17 bits per heavy atom. The molecule has 0 fully saturated rings. The quantitative estimate of drug-likeness (QED) is 0.508. The summed E-state index contributed by atoms with van der Waals surface area (Å²) < 4.78 is 0. The summed E-state index contributed by atoms with van der Waals surface area (Å²) in [6.45, 7) is 10.00. The van der Waals surface area contributed by atoms with Crippen LogP contribution in [-0.4, -0.2) is 29.1 Å². The van der Waals surface area contributed by atoms with Crippen LogP contribution in [0, 0.1) is 0 Å². The van der Waals surface area contributed by atoms with Crippen molar-refractivity contribution in [1.29, 1.82) is 0 Å². The summed E-state index contributed by atoms with van der Waals surface area (Å²) in [5.41, 5.74) is 0. The van der Waals surface area contributed by atoms with Crippen LogP contribution in [0.1, 0.15) is 6.92 Å². The highest BCUT2D eigenvalue weighted by Crippen LogP contribution is 2.00. The van der Waals surface area contributed by atoms with Gasteiger partial charge in [0.15, 0.2) is 0 Å². The van der Waals surface area contributed by atoms with E-state index in [2.05, 4.69) is 25.8 Å². The van der Waals surface area contributed by atoms with Crippen molar-refractivity contribution < 1.29 is 4.79 Å². The minimum absolute atomic E-state index is 0.0122. The minimum atomic E-state index is -0.259. The maximum Gasteiger partial charge on any atom is 0.235 e. The van der Waals surface area contributed by atoms with Crippen LogP contribution < -0.4 is 0 Å². The standard InChI is InChI=1S/C9H15NOS/c1-4-6-10(7-5-2)9(11)8(3)12/h4-5,8,12H,1-2,6-7H2,3H3. The van der Waals surface area contributed by atoms with E-state index in [1.807, 2.05) is 0 Å². The molecule has 2 nitrogen and oxygen atoms in total. The summed E-state index contributed by atoms with van der Waals surface area (Å²) in [7, 11) is 0. The number of carbonyl (C=O) groups is 1. The van der Waals surface area contributed by atoms with Gasteiger partial charge in [0.25, 0.3) is 0 Å².